The van der Waals surface area contributed by atoms with Gasteiger partial charge in [0.25, 0.3) is 0 Å². The van der Waals surface area contributed by atoms with E-state index in [1.807, 2.05) is 50.5 Å². The Kier molecular flexibility index (Phi) is 5.54. The van der Waals surface area contributed by atoms with Gasteiger partial charge in [-0.3, -0.25) is 0 Å². The van der Waals surface area contributed by atoms with Crippen LogP contribution in [0.25, 0.3) is 0 Å². The Morgan fingerprint density at radius 2 is 1.43 bits per heavy atom. The lowest BCUT2D eigenvalue weighted by molar-refractivity contribution is 0.0126. The van der Waals surface area contributed by atoms with Gasteiger partial charge in [0.05, 0.1) is 5.60 Å². The topological polar surface area (TPSA) is 23.5 Å². The summed E-state index contributed by atoms with van der Waals surface area (Å²) in [6, 6.07) is 20.4. The number of aliphatic hydroxyl groups is 1. The van der Waals surface area contributed by atoms with Crippen molar-refractivity contribution in [2.75, 3.05) is 20.6 Å². The van der Waals surface area contributed by atoms with E-state index in [1.165, 1.54) is 5.56 Å². The molecule has 0 aliphatic heterocycles. The fraction of sp³-hybridized carbons (Fsp3) is 0.368. The smallest absolute Gasteiger partial charge is 0.0911 e. The first-order valence-corrected chi connectivity index (χ1v) is 7.57. The molecule has 2 aromatic rings. The van der Waals surface area contributed by atoms with Gasteiger partial charge in [0, 0.05) is 6.54 Å². The molecule has 0 saturated carbocycles. The maximum absolute atomic E-state index is 11.2. The van der Waals surface area contributed by atoms with E-state index in [-0.39, 0.29) is 0 Å². The first-order chi connectivity index (χ1) is 10.1. The number of nitrogens with zero attached hydrogens (tertiary/aromatic N) is 1. The van der Waals surface area contributed by atoms with Crippen LogP contribution in [0.15, 0.2) is 60.7 Å². The second-order valence-electron chi connectivity index (χ2n) is 5.94. The zero-order valence-electron chi connectivity index (χ0n) is 13.0. The summed E-state index contributed by atoms with van der Waals surface area (Å²) in [5.41, 5.74) is 1.53. The average Bonchev–Trinajstić information content (AvgIpc) is 2.53. The van der Waals surface area contributed by atoms with E-state index in [9.17, 15) is 5.11 Å². The minimum atomic E-state index is -0.763. The number of aryl methyl sites for hydroxylation is 1. The number of hydrogen-bond donors (Lipinski definition) is 1. The Morgan fingerprint density at radius 1 is 0.857 bits per heavy atom. The molecule has 1 atom stereocenters. The van der Waals surface area contributed by atoms with E-state index in [0.717, 1.165) is 31.4 Å². The van der Waals surface area contributed by atoms with Crippen LogP contribution >= 0.6 is 0 Å². The van der Waals surface area contributed by atoms with Crippen molar-refractivity contribution in [3.8, 4) is 0 Å². The second kappa shape index (κ2) is 7.39. The summed E-state index contributed by atoms with van der Waals surface area (Å²) >= 11 is 0. The number of rotatable bonds is 7. The van der Waals surface area contributed by atoms with Gasteiger partial charge in [-0.15, -0.1) is 0 Å². The molecule has 0 bridgehead atoms. The van der Waals surface area contributed by atoms with Crippen molar-refractivity contribution < 1.29 is 5.11 Å². The SMILES string of the molecule is CN(C)CC[C@@](O)(CCc1ccccc1)c1ccccc1. The molecule has 0 saturated heterocycles. The van der Waals surface area contributed by atoms with Crippen LogP contribution in [0.2, 0.25) is 0 Å². The van der Waals surface area contributed by atoms with Crippen LogP contribution in [0.3, 0.4) is 0 Å². The first-order valence-electron chi connectivity index (χ1n) is 7.57. The maximum atomic E-state index is 11.2. The molecule has 112 valence electrons. The molecule has 2 rings (SSSR count). The Morgan fingerprint density at radius 3 is 2.00 bits per heavy atom. The predicted molar refractivity (Wildman–Crippen MR) is 88.3 cm³/mol. The summed E-state index contributed by atoms with van der Waals surface area (Å²) in [6.07, 6.45) is 2.38. The zero-order chi connectivity index (χ0) is 15.1. The molecule has 0 aromatic heterocycles. The molecule has 0 unspecified atom stereocenters. The molecule has 2 nitrogen and oxygen atoms in total. The van der Waals surface area contributed by atoms with Crippen molar-refractivity contribution in [1.29, 1.82) is 0 Å². The van der Waals surface area contributed by atoms with E-state index >= 15 is 0 Å². The van der Waals surface area contributed by atoms with Crippen molar-refractivity contribution in [3.63, 3.8) is 0 Å². The van der Waals surface area contributed by atoms with Gasteiger partial charge in [0.1, 0.15) is 0 Å². The van der Waals surface area contributed by atoms with E-state index in [2.05, 4.69) is 29.2 Å². The molecule has 0 heterocycles. The van der Waals surface area contributed by atoms with Crippen molar-refractivity contribution >= 4 is 0 Å². The van der Waals surface area contributed by atoms with Crippen LogP contribution in [-0.2, 0) is 12.0 Å². The Hall–Kier alpha value is -1.64. The van der Waals surface area contributed by atoms with E-state index < -0.39 is 5.60 Å². The molecule has 1 N–H and O–H groups in total. The summed E-state index contributed by atoms with van der Waals surface area (Å²) < 4.78 is 0. The summed E-state index contributed by atoms with van der Waals surface area (Å²) in [6.45, 7) is 0.875. The van der Waals surface area contributed by atoms with E-state index in [0.29, 0.717) is 0 Å². The molecule has 2 aromatic carbocycles. The Labute approximate surface area is 128 Å². The van der Waals surface area contributed by atoms with Crippen LogP contribution in [-0.4, -0.2) is 30.6 Å². The lowest BCUT2D eigenvalue weighted by Gasteiger charge is -2.30. The molecule has 2 heteroatoms. The minimum Gasteiger partial charge on any atom is -0.385 e. The maximum Gasteiger partial charge on any atom is 0.0911 e. The van der Waals surface area contributed by atoms with Gasteiger partial charge in [-0.1, -0.05) is 60.7 Å². The van der Waals surface area contributed by atoms with E-state index in [1.54, 1.807) is 0 Å². The van der Waals surface area contributed by atoms with Crippen LogP contribution in [0.1, 0.15) is 24.0 Å². The lowest BCUT2D eigenvalue weighted by Crippen LogP contribution is -2.31. The Balaban J connectivity index is 2.12. The van der Waals surface area contributed by atoms with Crippen LogP contribution in [0, 0.1) is 0 Å². The lowest BCUT2D eigenvalue weighted by atomic mass is 9.85. The normalized spacial score (nSPS) is 14.1. The van der Waals surface area contributed by atoms with Gasteiger partial charge in [0.15, 0.2) is 0 Å². The van der Waals surface area contributed by atoms with Gasteiger partial charge >= 0.3 is 0 Å². The molecule has 0 spiro atoms. The number of benzene rings is 2. The predicted octanol–water partition coefficient (Wildman–Crippen LogP) is 3.46. The number of hydrogen-bond acceptors (Lipinski definition) is 2. The molecule has 0 radical (unpaired) electrons. The molecule has 0 amide bonds. The zero-order valence-corrected chi connectivity index (χ0v) is 13.0. The largest absolute Gasteiger partial charge is 0.385 e. The molecule has 0 aliphatic rings. The molecular formula is C19H25NO. The molecule has 0 fully saturated rings. The van der Waals surface area contributed by atoms with Crippen LogP contribution in [0.4, 0.5) is 0 Å². The Bertz CT molecular complexity index is 524. The molecular weight excluding hydrogens is 258 g/mol. The molecule has 0 aliphatic carbocycles. The summed E-state index contributed by atoms with van der Waals surface area (Å²) in [5, 5.41) is 11.2. The van der Waals surface area contributed by atoms with Gasteiger partial charge in [-0.25, -0.2) is 0 Å². The highest BCUT2D eigenvalue weighted by Crippen LogP contribution is 2.30. The summed E-state index contributed by atoms with van der Waals surface area (Å²) in [4.78, 5) is 2.12. The molecule has 21 heavy (non-hydrogen) atoms. The minimum absolute atomic E-state index is 0.745. The van der Waals surface area contributed by atoms with Crippen molar-refractivity contribution in [2.45, 2.75) is 24.9 Å². The van der Waals surface area contributed by atoms with Gasteiger partial charge in [-0.05, 0) is 44.5 Å². The monoisotopic (exact) mass is 283 g/mol. The third-order valence-corrected chi connectivity index (χ3v) is 3.95. The fourth-order valence-electron chi connectivity index (χ4n) is 2.57. The van der Waals surface area contributed by atoms with E-state index in [4.69, 9.17) is 0 Å². The van der Waals surface area contributed by atoms with Gasteiger partial charge in [0.2, 0.25) is 0 Å². The van der Waals surface area contributed by atoms with Gasteiger partial charge in [-0.2, -0.15) is 0 Å². The summed E-state index contributed by atoms with van der Waals surface area (Å²) in [5.74, 6) is 0. The quantitative estimate of drug-likeness (QED) is 0.841. The van der Waals surface area contributed by atoms with Crippen molar-refractivity contribution in [3.05, 3.63) is 71.8 Å². The van der Waals surface area contributed by atoms with Gasteiger partial charge < -0.3 is 10.0 Å². The van der Waals surface area contributed by atoms with Crippen molar-refractivity contribution in [1.82, 2.24) is 4.90 Å². The fourth-order valence-corrected chi connectivity index (χ4v) is 2.57. The van der Waals surface area contributed by atoms with Crippen molar-refractivity contribution in [2.24, 2.45) is 0 Å². The van der Waals surface area contributed by atoms with Crippen LogP contribution in [0.5, 0.6) is 0 Å². The average molecular weight is 283 g/mol. The van der Waals surface area contributed by atoms with Crippen LogP contribution < -0.4 is 0 Å². The third-order valence-electron chi connectivity index (χ3n) is 3.95. The highest BCUT2D eigenvalue weighted by molar-refractivity contribution is 5.23. The standard InChI is InChI=1S/C19H25NO/c1-20(2)16-15-19(21,18-11-7-4-8-12-18)14-13-17-9-5-3-6-10-17/h3-12,21H,13-16H2,1-2H3/t19-/m0/s1. The highest BCUT2D eigenvalue weighted by Gasteiger charge is 2.28. The summed E-state index contributed by atoms with van der Waals surface area (Å²) in [7, 11) is 4.09. The second-order valence-corrected chi connectivity index (χ2v) is 5.94. The highest BCUT2D eigenvalue weighted by atomic mass is 16.3. The first kappa shape index (κ1) is 15.7. The third kappa shape index (κ3) is 4.69.